The van der Waals surface area contributed by atoms with Crippen LogP contribution in [0.2, 0.25) is 0 Å². The zero-order valence-electron chi connectivity index (χ0n) is 5.44. The Morgan fingerprint density at radius 3 is 3.18 bits per heavy atom. The Kier molecular flexibility index (Phi) is 1.56. The van der Waals surface area contributed by atoms with Gasteiger partial charge >= 0.3 is 0 Å². The largest absolute Gasteiger partial charge is 0.359 e. The van der Waals surface area contributed by atoms with E-state index >= 15 is 0 Å². The average molecular weight is 262 g/mol. The van der Waals surface area contributed by atoms with Crippen LogP contribution >= 0.6 is 22.6 Å². The molecule has 2 aromatic rings. The maximum Gasteiger partial charge on any atom is 0.143 e. The van der Waals surface area contributed by atoms with Gasteiger partial charge in [0.2, 0.25) is 0 Å². The number of hydrogen-bond donors (Lipinski definition) is 1. The molecule has 2 nitrogen and oxygen atoms in total. The van der Waals surface area contributed by atoms with Crippen molar-refractivity contribution in [2.45, 2.75) is 0 Å². The molecule has 0 atom stereocenters. The topological polar surface area (TPSA) is 28.7 Å². The van der Waals surface area contributed by atoms with Gasteiger partial charge in [0.05, 0.1) is 15.3 Å². The van der Waals surface area contributed by atoms with E-state index in [0.717, 1.165) is 14.6 Å². The summed E-state index contributed by atoms with van der Waals surface area (Å²) in [6.07, 6.45) is 3.02. The predicted molar refractivity (Wildman–Crippen MR) is 48.8 cm³/mol. The van der Waals surface area contributed by atoms with Crippen molar-refractivity contribution >= 4 is 33.6 Å². The van der Waals surface area contributed by atoms with Crippen molar-refractivity contribution in [3.05, 3.63) is 27.8 Å². The third-order valence-corrected chi connectivity index (χ3v) is 2.26. The third kappa shape index (κ3) is 1.11. The van der Waals surface area contributed by atoms with Crippen molar-refractivity contribution in [3.63, 3.8) is 0 Å². The molecule has 0 aliphatic rings. The summed E-state index contributed by atoms with van der Waals surface area (Å²) < 4.78 is 13.6. The summed E-state index contributed by atoms with van der Waals surface area (Å²) in [5.74, 6) is -0.309. The molecule has 56 valence electrons. The van der Waals surface area contributed by atoms with Crippen molar-refractivity contribution in [3.8, 4) is 0 Å². The zero-order valence-corrected chi connectivity index (χ0v) is 7.59. The first kappa shape index (κ1) is 7.02. The first-order chi connectivity index (χ1) is 5.27. The van der Waals surface area contributed by atoms with Gasteiger partial charge in [0.25, 0.3) is 0 Å². The number of nitrogens with one attached hydrogen (secondary N) is 1. The van der Waals surface area contributed by atoms with Gasteiger partial charge < -0.3 is 4.98 Å². The Morgan fingerprint density at radius 1 is 1.55 bits per heavy atom. The van der Waals surface area contributed by atoms with Gasteiger partial charge in [-0.1, -0.05) is 0 Å². The highest BCUT2D eigenvalue weighted by atomic mass is 127. The third-order valence-electron chi connectivity index (χ3n) is 1.43. The molecule has 0 aliphatic carbocycles. The molecule has 2 heterocycles. The van der Waals surface area contributed by atoms with E-state index in [1.807, 2.05) is 0 Å². The minimum absolute atomic E-state index is 0.309. The summed E-state index contributed by atoms with van der Waals surface area (Å²) in [6, 6.07) is 1.44. The van der Waals surface area contributed by atoms with E-state index in [9.17, 15) is 4.39 Å². The minimum atomic E-state index is -0.309. The molecule has 0 saturated carbocycles. The molecular formula is C7H4FIN2. The molecule has 4 heteroatoms. The highest BCUT2D eigenvalue weighted by Gasteiger charge is 2.01. The number of aromatic amines is 1. The Morgan fingerprint density at radius 2 is 2.36 bits per heavy atom. The second kappa shape index (κ2) is 2.44. The van der Waals surface area contributed by atoms with E-state index in [0.29, 0.717) is 0 Å². The normalized spacial score (nSPS) is 10.7. The van der Waals surface area contributed by atoms with Crippen molar-refractivity contribution in [1.29, 1.82) is 0 Å². The Labute approximate surface area is 76.0 Å². The number of halogens is 2. The Hall–Kier alpha value is -0.650. The van der Waals surface area contributed by atoms with Crippen molar-refractivity contribution in [2.75, 3.05) is 0 Å². The van der Waals surface area contributed by atoms with E-state index in [2.05, 4.69) is 32.6 Å². The van der Waals surface area contributed by atoms with Crippen LogP contribution in [0, 0.1) is 9.39 Å². The smallest absolute Gasteiger partial charge is 0.143 e. The maximum absolute atomic E-state index is 12.6. The Bertz CT molecular complexity index is 396. The van der Waals surface area contributed by atoms with Gasteiger partial charge in [0.15, 0.2) is 0 Å². The van der Waals surface area contributed by atoms with Crippen LogP contribution in [-0.4, -0.2) is 9.97 Å². The zero-order chi connectivity index (χ0) is 7.84. The lowest BCUT2D eigenvalue weighted by Crippen LogP contribution is -1.78. The van der Waals surface area contributed by atoms with Gasteiger partial charge in [-0.3, -0.25) is 4.98 Å². The van der Waals surface area contributed by atoms with Crippen LogP contribution in [0.5, 0.6) is 0 Å². The second-order valence-corrected chi connectivity index (χ2v) is 3.35. The van der Waals surface area contributed by atoms with Crippen LogP contribution in [0.25, 0.3) is 11.0 Å². The number of pyridine rings is 1. The fraction of sp³-hybridized carbons (Fsp3) is 0. The predicted octanol–water partition coefficient (Wildman–Crippen LogP) is 2.31. The molecule has 0 saturated heterocycles. The van der Waals surface area contributed by atoms with Gasteiger partial charge in [0, 0.05) is 12.3 Å². The van der Waals surface area contributed by atoms with Gasteiger partial charge in [-0.25, -0.2) is 4.39 Å². The molecule has 0 aromatic carbocycles. The molecule has 0 aliphatic heterocycles. The van der Waals surface area contributed by atoms with Crippen molar-refractivity contribution in [1.82, 2.24) is 9.97 Å². The molecular weight excluding hydrogens is 258 g/mol. The average Bonchev–Trinajstić information content (AvgIpc) is 2.32. The van der Waals surface area contributed by atoms with Crippen LogP contribution in [0.15, 0.2) is 18.5 Å². The monoisotopic (exact) mass is 262 g/mol. The summed E-state index contributed by atoms with van der Waals surface area (Å²) >= 11 is 2.15. The standard InChI is InChI=1S/C7H4FIN2/c8-4-1-6-7(11-2-4)5(9)3-10-6/h1-3,10H. The number of aromatic nitrogens is 2. The van der Waals surface area contributed by atoms with Gasteiger partial charge in [-0.15, -0.1) is 0 Å². The van der Waals surface area contributed by atoms with Gasteiger partial charge in [-0.05, 0) is 22.6 Å². The first-order valence-electron chi connectivity index (χ1n) is 3.05. The van der Waals surface area contributed by atoms with Crippen LogP contribution in [-0.2, 0) is 0 Å². The van der Waals surface area contributed by atoms with Gasteiger partial charge in [0.1, 0.15) is 11.3 Å². The van der Waals surface area contributed by atoms with Crippen LogP contribution in [0.3, 0.4) is 0 Å². The fourth-order valence-corrected chi connectivity index (χ4v) is 1.53. The molecule has 11 heavy (non-hydrogen) atoms. The molecule has 2 aromatic heterocycles. The van der Waals surface area contributed by atoms with E-state index in [1.54, 1.807) is 6.20 Å². The molecule has 0 bridgehead atoms. The van der Waals surface area contributed by atoms with E-state index in [4.69, 9.17) is 0 Å². The summed E-state index contributed by atoms with van der Waals surface area (Å²) in [7, 11) is 0. The number of hydrogen-bond acceptors (Lipinski definition) is 1. The minimum Gasteiger partial charge on any atom is -0.359 e. The van der Waals surface area contributed by atoms with E-state index in [1.165, 1.54) is 12.3 Å². The quantitative estimate of drug-likeness (QED) is 0.725. The number of fused-ring (bicyclic) bond motifs is 1. The number of nitrogens with zero attached hydrogens (tertiary/aromatic N) is 1. The maximum atomic E-state index is 12.6. The molecule has 0 spiro atoms. The highest BCUT2D eigenvalue weighted by Crippen LogP contribution is 2.17. The van der Waals surface area contributed by atoms with Gasteiger partial charge in [-0.2, -0.15) is 0 Å². The summed E-state index contributed by atoms with van der Waals surface area (Å²) in [6.45, 7) is 0. The van der Waals surface area contributed by atoms with Crippen molar-refractivity contribution < 1.29 is 4.39 Å². The molecule has 0 radical (unpaired) electrons. The van der Waals surface area contributed by atoms with E-state index < -0.39 is 0 Å². The highest BCUT2D eigenvalue weighted by molar-refractivity contribution is 14.1. The van der Waals surface area contributed by atoms with Crippen molar-refractivity contribution in [2.24, 2.45) is 0 Å². The molecule has 1 N–H and O–H groups in total. The van der Waals surface area contributed by atoms with Crippen LogP contribution in [0.1, 0.15) is 0 Å². The summed E-state index contributed by atoms with van der Waals surface area (Å²) in [4.78, 5) is 6.85. The first-order valence-corrected chi connectivity index (χ1v) is 4.13. The summed E-state index contributed by atoms with van der Waals surface area (Å²) in [5, 5.41) is 0. The second-order valence-electron chi connectivity index (χ2n) is 2.19. The molecule has 0 fully saturated rings. The van der Waals surface area contributed by atoms with Crippen LogP contribution in [0.4, 0.5) is 4.39 Å². The van der Waals surface area contributed by atoms with Crippen LogP contribution < -0.4 is 0 Å². The molecule has 2 rings (SSSR count). The fourth-order valence-electron chi connectivity index (χ4n) is 0.949. The number of H-pyrrole nitrogens is 1. The lowest BCUT2D eigenvalue weighted by atomic mass is 10.4. The summed E-state index contributed by atoms with van der Waals surface area (Å²) in [5.41, 5.74) is 1.57. The lowest BCUT2D eigenvalue weighted by Gasteiger charge is -1.88. The lowest BCUT2D eigenvalue weighted by molar-refractivity contribution is 0.624. The molecule has 0 amide bonds. The SMILES string of the molecule is Fc1cnc2c(I)c[nH]c2c1. The number of rotatable bonds is 0. The molecule has 0 unspecified atom stereocenters. The Balaban J connectivity index is 2.86. The van der Waals surface area contributed by atoms with E-state index in [-0.39, 0.29) is 5.82 Å².